The lowest BCUT2D eigenvalue weighted by Gasteiger charge is -2.02. The van der Waals surface area contributed by atoms with Gasteiger partial charge in [-0.2, -0.15) is 0 Å². The molecule has 0 amide bonds. The number of halogens is 1. The van der Waals surface area contributed by atoms with Gasteiger partial charge in [-0.25, -0.2) is 4.68 Å². The molecule has 1 aliphatic carbocycles. The Morgan fingerprint density at radius 3 is 3.06 bits per heavy atom. The molecule has 2 aromatic rings. The van der Waals surface area contributed by atoms with Crippen LogP contribution in [0.15, 0.2) is 29.4 Å². The van der Waals surface area contributed by atoms with Gasteiger partial charge in [-0.15, -0.1) is 5.10 Å². The fourth-order valence-corrected chi connectivity index (χ4v) is 2.70. The number of aromatic nitrogens is 4. The SMILES string of the molecule is Clc1cccc(CSc2nnnn2C2CC2)c1. The molecule has 1 saturated carbocycles. The molecule has 0 saturated heterocycles. The number of hydrogen-bond acceptors (Lipinski definition) is 4. The Morgan fingerprint density at radius 1 is 1.41 bits per heavy atom. The first-order chi connectivity index (χ1) is 8.33. The van der Waals surface area contributed by atoms with Crippen LogP contribution in [0.5, 0.6) is 0 Å². The van der Waals surface area contributed by atoms with Gasteiger partial charge in [0.05, 0.1) is 6.04 Å². The van der Waals surface area contributed by atoms with E-state index in [4.69, 9.17) is 11.6 Å². The summed E-state index contributed by atoms with van der Waals surface area (Å²) in [7, 11) is 0. The van der Waals surface area contributed by atoms with Crippen LogP contribution in [0.4, 0.5) is 0 Å². The largest absolute Gasteiger partial charge is 0.217 e. The van der Waals surface area contributed by atoms with Gasteiger partial charge in [-0.1, -0.05) is 35.5 Å². The van der Waals surface area contributed by atoms with E-state index in [1.54, 1.807) is 11.8 Å². The van der Waals surface area contributed by atoms with Gasteiger partial charge in [0.1, 0.15) is 0 Å². The normalized spacial score (nSPS) is 15.1. The Labute approximate surface area is 108 Å². The van der Waals surface area contributed by atoms with Crippen LogP contribution in [-0.4, -0.2) is 20.2 Å². The van der Waals surface area contributed by atoms with Gasteiger partial charge >= 0.3 is 0 Å². The van der Waals surface area contributed by atoms with Crippen molar-refractivity contribution in [2.45, 2.75) is 29.8 Å². The minimum Gasteiger partial charge on any atom is -0.217 e. The second-order valence-corrected chi connectivity index (χ2v) is 5.43. The predicted molar refractivity (Wildman–Crippen MR) is 67.1 cm³/mol. The molecule has 1 aliphatic rings. The molecule has 1 aromatic carbocycles. The van der Waals surface area contributed by atoms with Crippen molar-refractivity contribution in [3.05, 3.63) is 34.9 Å². The smallest absolute Gasteiger partial charge is 0.209 e. The zero-order valence-electron chi connectivity index (χ0n) is 9.08. The van der Waals surface area contributed by atoms with Crippen molar-refractivity contribution < 1.29 is 0 Å². The quantitative estimate of drug-likeness (QED) is 0.798. The van der Waals surface area contributed by atoms with Gasteiger partial charge in [0.2, 0.25) is 5.16 Å². The van der Waals surface area contributed by atoms with Crippen LogP contribution >= 0.6 is 23.4 Å². The third kappa shape index (κ3) is 2.61. The highest BCUT2D eigenvalue weighted by Gasteiger charge is 2.27. The maximum atomic E-state index is 5.94. The molecular weight excluding hydrogens is 256 g/mol. The van der Waals surface area contributed by atoms with E-state index in [0.29, 0.717) is 6.04 Å². The Kier molecular flexibility index (Phi) is 3.03. The first-order valence-electron chi connectivity index (χ1n) is 5.48. The molecule has 0 aliphatic heterocycles. The lowest BCUT2D eigenvalue weighted by molar-refractivity contribution is 0.565. The van der Waals surface area contributed by atoms with Crippen molar-refractivity contribution in [3.63, 3.8) is 0 Å². The zero-order valence-corrected chi connectivity index (χ0v) is 10.7. The van der Waals surface area contributed by atoms with Gasteiger partial charge in [-0.3, -0.25) is 0 Å². The average Bonchev–Trinajstić information content (AvgIpc) is 3.06. The summed E-state index contributed by atoms with van der Waals surface area (Å²) < 4.78 is 1.93. The van der Waals surface area contributed by atoms with Crippen molar-refractivity contribution in [1.82, 2.24) is 20.2 Å². The van der Waals surface area contributed by atoms with Gasteiger partial charge in [-0.05, 0) is 41.0 Å². The molecule has 1 heterocycles. The van der Waals surface area contributed by atoms with Gasteiger partial charge in [0.15, 0.2) is 0 Å². The van der Waals surface area contributed by atoms with Crippen LogP contribution in [0.3, 0.4) is 0 Å². The summed E-state index contributed by atoms with van der Waals surface area (Å²) in [5.74, 6) is 0.841. The molecule has 3 rings (SSSR count). The third-order valence-corrected chi connectivity index (χ3v) is 3.85. The van der Waals surface area contributed by atoms with Crippen molar-refractivity contribution >= 4 is 23.4 Å². The van der Waals surface area contributed by atoms with E-state index < -0.39 is 0 Å². The van der Waals surface area contributed by atoms with Crippen molar-refractivity contribution in [3.8, 4) is 0 Å². The summed E-state index contributed by atoms with van der Waals surface area (Å²) in [4.78, 5) is 0. The first kappa shape index (κ1) is 11.0. The maximum absolute atomic E-state index is 5.94. The Bertz CT molecular complexity index is 524. The topological polar surface area (TPSA) is 43.6 Å². The number of hydrogen-bond donors (Lipinski definition) is 0. The standard InChI is InChI=1S/C11H11ClN4S/c12-9-3-1-2-8(6-9)7-17-11-13-14-15-16(11)10-4-5-10/h1-3,6,10H,4-5,7H2. The molecule has 17 heavy (non-hydrogen) atoms. The Hall–Kier alpha value is -1.07. The van der Waals surface area contributed by atoms with Crippen LogP contribution in [-0.2, 0) is 5.75 Å². The second kappa shape index (κ2) is 4.66. The number of rotatable bonds is 4. The molecule has 0 N–H and O–H groups in total. The van der Waals surface area contributed by atoms with E-state index in [1.165, 1.54) is 18.4 Å². The van der Waals surface area contributed by atoms with Crippen LogP contribution in [0, 0.1) is 0 Å². The molecule has 1 fully saturated rings. The van der Waals surface area contributed by atoms with Crippen molar-refractivity contribution in [1.29, 1.82) is 0 Å². The van der Waals surface area contributed by atoms with E-state index >= 15 is 0 Å². The van der Waals surface area contributed by atoms with Crippen molar-refractivity contribution in [2.24, 2.45) is 0 Å². The fourth-order valence-electron chi connectivity index (χ4n) is 1.60. The number of thioether (sulfide) groups is 1. The van der Waals surface area contributed by atoms with Gasteiger partial charge in [0.25, 0.3) is 0 Å². The Balaban J connectivity index is 1.69. The number of nitrogens with zero attached hydrogens (tertiary/aromatic N) is 4. The van der Waals surface area contributed by atoms with E-state index in [2.05, 4.69) is 21.6 Å². The van der Waals surface area contributed by atoms with Crippen LogP contribution in [0.2, 0.25) is 5.02 Å². The molecule has 0 spiro atoms. The highest BCUT2D eigenvalue weighted by Crippen LogP contribution is 2.36. The molecule has 0 atom stereocenters. The van der Waals surface area contributed by atoms with Gasteiger partial charge < -0.3 is 0 Å². The molecular formula is C11H11ClN4S. The van der Waals surface area contributed by atoms with Crippen molar-refractivity contribution in [2.75, 3.05) is 0 Å². The van der Waals surface area contributed by atoms with E-state index in [1.807, 2.05) is 22.9 Å². The highest BCUT2D eigenvalue weighted by atomic mass is 35.5. The van der Waals surface area contributed by atoms with E-state index in [0.717, 1.165) is 15.9 Å². The summed E-state index contributed by atoms with van der Waals surface area (Å²) >= 11 is 7.59. The molecule has 0 bridgehead atoms. The minimum atomic E-state index is 0.520. The summed E-state index contributed by atoms with van der Waals surface area (Å²) in [6.45, 7) is 0. The zero-order chi connectivity index (χ0) is 11.7. The lowest BCUT2D eigenvalue weighted by atomic mass is 10.2. The first-order valence-corrected chi connectivity index (χ1v) is 6.84. The molecule has 4 nitrogen and oxygen atoms in total. The van der Waals surface area contributed by atoms with Crippen LogP contribution in [0.1, 0.15) is 24.4 Å². The molecule has 0 radical (unpaired) electrons. The molecule has 6 heteroatoms. The van der Waals surface area contributed by atoms with E-state index in [-0.39, 0.29) is 0 Å². The summed E-state index contributed by atoms with van der Waals surface area (Å²) in [6, 6.07) is 8.39. The number of tetrazole rings is 1. The van der Waals surface area contributed by atoms with E-state index in [9.17, 15) is 0 Å². The van der Waals surface area contributed by atoms with Crippen LogP contribution in [0.25, 0.3) is 0 Å². The fraction of sp³-hybridized carbons (Fsp3) is 0.364. The summed E-state index contributed by atoms with van der Waals surface area (Å²) in [5, 5.41) is 13.5. The maximum Gasteiger partial charge on any atom is 0.209 e. The average molecular weight is 267 g/mol. The van der Waals surface area contributed by atoms with Crippen LogP contribution < -0.4 is 0 Å². The molecule has 1 aromatic heterocycles. The second-order valence-electron chi connectivity index (χ2n) is 4.06. The summed E-state index contributed by atoms with van der Waals surface area (Å²) in [5.41, 5.74) is 1.19. The molecule has 88 valence electrons. The predicted octanol–water partition coefficient (Wildman–Crippen LogP) is 2.95. The highest BCUT2D eigenvalue weighted by molar-refractivity contribution is 7.98. The third-order valence-electron chi connectivity index (χ3n) is 2.61. The minimum absolute atomic E-state index is 0.520. The molecule has 0 unspecified atom stereocenters. The monoisotopic (exact) mass is 266 g/mol. The summed E-state index contributed by atoms with van der Waals surface area (Å²) in [6.07, 6.45) is 2.38. The number of benzene rings is 1. The Morgan fingerprint density at radius 2 is 2.29 bits per heavy atom. The lowest BCUT2D eigenvalue weighted by Crippen LogP contribution is -1.98. The van der Waals surface area contributed by atoms with Gasteiger partial charge in [0, 0.05) is 10.8 Å².